The lowest BCUT2D eigenvalue weighted by molar-refractivity contribution is 0.233. The van der Waals surface area contributed by atoms with Gasteiger partial charge in [-0.1, -0.05) is 41.9 Å². The second kappa shape index (κ2) is 8.60. The Morgan fingerprint density at radius 3 is 2.40 bits per heavy atom. The number of hydrogen-bond donors (Lipinski definition) is 2. The summed E-state index contributed by atoms with van der Waals surface area (Å²) in [4.78, 5) is 10.3. The lowest BCUT2D eigenvalue weighted by Gasteiger charge is -2.32. The Labute approximate surface area is 157 Å². The Morgan fingerprint density at radius 2 is 1.72 bits per heavy atom. The van der Waals surface area contributed by atoms with Crippen LogP contribution in [0.2, 0.25) is 5.02 Å². The Morgan fingerprint density at radius 1 is 1.04 bits per heavy atom. The number of benzene rings is 2. The fourth-order valence-corrected chi connectivity index (χ4v) is 2.57. The number of halogens is 2. The minimum atomic E-state index is -0.308. The molecule has 1 atom stereocenters. The third-order valence-electron chi connectivity index (χ3n) is 3.59. The Bertz CT molecular complexity index is 749. The van der Waals surface area contributed by atoms with E-state index in [2.05, 4.69) is 9.98 Å². The highest BCUT2D eigenvalue weighted by Gasteiger charge is 2.25. The molecular weight excluding hydrogens is 361 g/mol. The molecule has 1 aliphatic heterocycles. The zero-order valence-electron chi connectivity index (χ0n) is 13.4. The van der Waals surface area contributed by atoms with Crippen LogP contribution in [0.1, 0.15) is 11.7 Å². The minimum Gasteiger partial charge on any atom is -0.492 e. The molecule has 0 saturated heterocycles. The topological polar surface area (TPSA) is 89.2 Å². The first-order valence-electron chi connectivity index (χ1n) is 7.51. The molecule has 1 aliphatic rings. The molecule has 0 saturated carbocycles. The van der Waals surface area contributed by atoms with Gasteiger partial charge in [-0.15, -0.1) is 12.4 Å². The lowest BCUT2D eigenvalue weighted by atomic mass is 10.1. The third kappa shape index (κ3) is 4.78. The smallest absolute Gasteiger partial charge is 0.220 e. The molecule has 0 aromatic heterocycles. The quantitative estimate of drug-likeness (QED) is 0.835. The summed E-state index contributed by atoms with van der Waals surface area (Å²) < 4.78 is 5.73. The largest absolute Gasteiger partial charge is 0.492 e. The number of aliphatic imine (C=N–C) groups is 2. The molecule has 4 N–H and O–H groups in total. The highest BCUT2D eigenvalue weighted by Crippen LogP contribution is 2.24. The first-order chi connectivity index (χ1) is 11.6. The number of guanidine groups is 2. The summed E-state index contributed by atoms with van der Waals surface area (Å²) in [6.07, 6.45) is -0.308. The molecule has 0 fully saturated rings. The maximum absolute atomic E-state index is 6.04. The molecule has 6 nitrogen and oxygen atoms in total. The van der Waals surface area contributed by atoms with E-state index in [1.807, 2.05) is 47.4 Å². The van der Waals surface area contributed by atoms with Crippen LogP contribution in [0.4, 0.5) is 0 Å². The summed E-state index contributed by atoms with van der Waals surface area (Å²) in [5.41, 5.74) is 12.8. The Kier molecular flexibility index (Phi) is 6.50. The van der Waals surface area contributed by atoms with Gasteiger partial charge in [0.2, 0.25) is 11.9 Å². The van der Waals surface area contributed by atoms with Gasteiger partial charge in [-0.3, -0.25) is 0 Å². The fraction of sp³-hybridized carbons (Fsp3) is 0.176. The zero-order chi connectivity index (χ0) is 16.9. The van der Waals surface area contributed by atoms with Crippen molar-refractivity contribution in [2.45, 2.75) is 6.17 Å². The zero-order valence-corrected chi connectivity index (χ0v) is 15.0. The van der Waals surface area contributed by atoms with Gasteiger partial charge in [0.15, 0.2) is 6.17 Å². The lowest BCUT2D eigenvalue weighted by Crippen LogP contribution is -2.45. The maximum atomic E-state index is 6.04. The first-order valence-corrected chi connectivity index (χ1v) is 7.88. The van der Waals surface area contributed by atoms with Crippen LogP contribution in [-0.4, -0.2) is 30.0 Å². The number of nitrogens with zero attached hydrogens (tertiary/aromatic N) is 3. The average Bonchev–Trinajstić information content (AvgIpc) is 2.59. The molecule has 3 rings (SSSR count). The molecule has 0 aliphatic carbocycles. The molecule has 132 valence electrons. The monoisotopic (exact) mass is 379 g/mol. The van der Waals surface area contributed by atoms with Crippen molar-refractivity contribution in [1.82, 2.24) is 4.90 Å². The van der Waals surface area contributed by atoms with Crippen LogP contribution in [0, 0.1) is 0 Å². The van der Waals surface area contributed by atoms with Gasteiger partial charge < -0.3 is 21.1 Å². The van der Waals surface area contributed by atoms with Crippen molar-refractivity contribution in [1.29, 1.82) is 0 Å². The molecule has 25 heavy (non-hydrogen) atoms. The van der Waals surface area contributed by atoms with E-state index in [0.29, 0.717) is 24.1 Å². The summed E-state index contributed by atoms with van der Waals surface area (Å²) >= 11 is 5.86. The standard InChI is InChI=1S/C17H18ClN5O.ClH/c18-13-6-8-14(9-7-13)24-11-10-23-15(12-4-2-1-3-5-12)21-16(19)22-17(23)20;/h1-9,15H,10-11H2,(H4,19,20,21,22);1H. The van der Waals surface area contributed by atoms with Crippen LogP contribution in [0.15, 0.2) is 64.6 Å². The van der Waals surface area contributed by atoms with E-state index in [-0.39, 0.29) is 24.5 Å². The van der Waals surface area contributed by atoms with Crippen molar-refractivity contribution in [3.63, 3.8) is 0 Å². The van der Waals surface area contributed by atoms with Crippen LogP contribution < -0.4 is 16.2 Å². The highest BCUT2D eigenvalue weighted by molar-refractivity contribution is 6.30. The summed E-state index contributed by atoms with van der Waals surface area (Å²) in [6, 6.07) is 17.0. The fourth-order valence-electron chi connectivity index (χ4n) is 2.44. The summed E-state index contributed by atoms with van der Waals surface area (Å²) in [5.74, 6) is 1.25. The van der Waals surface area contributed by atoms with Crippen LogP contribution in [0.3, 0.4) is 0 Å². The molecule has 0 amide bonds. The van der Waals surface area contributed by atoms with E-state index in [0.717, 1.165) is 11.3 Å². The van der Waals surface area contributed by atoms with Gasteiger partial charge in [0, 0.05) is 5.02 Å². The number of nitrogens with two attached hydrogens (primary N) is 2. The summed E-state index contributed by atoms with van der Waals surface area (Å²) in [5, 5.41) is 0.670. The van der Waals surface area contributed by atoms with Crippen molar-refractivity contribution in [3.05, 3.63) is 65.2 Å². The van der Waals surface area contributed by atoms with E-state index >= 15 is 0 Å². The molecule has 0 spiro atoms. The van der Waals surface area contributed by atoms with E-state index in [1.54, 1.807) is 12.1 Å². The van der Waals surface area contributed by atoms with Gasteiger partial charge in [0.1, 0.15) is 12.4 Å². The molecule has 0 radical (unpaired) electrons. The second-order valence-corrected chi connectivity index (χ2v) is 5.67. The van der Waals surface area contributed by atoms with E-state index in [1.165, 1.54) is 0 Å². The predicted octanol–water partition coefficient (Wildman–Crippen LogP) is 2.78. The van der Waals surface area contributed by atoms with Crippen LogP contribution in [0.25, 0.3) is 0 Å². The molecular formula is C17H19Cl2N5O. The molecule has 2 aromatic carbocycles. The second-order valence-electron chi connectivity index (χ2n) is 5.24. The Balaban J connectivity index is 0.00000225. The van der Waals surface area contributed by atoms with E-state index in [4.69, 9.17) is 27.8 Å². The third-order valence-corrected chi connectivity index (χ3v) is 3.84. The van der Waals surface area contributed by atoms with Crippen LogP contribution >= 0.6 is 24.0 Å². The normalized spacial score (nSPS) is 16.5. The molecule has 8 heteroatoms. The molecule has 2 aromatic rings. The van der Waals surface area contributed by atoms with Crippen molar-refractivity contribution < 1.29 is 4.74 Å². The molecule has 1 unspecified atom stereocenters. The number of rotatable bonds is 5. The van der Waals surface area contributed by atoms with Crippen molar-refractivity contribution in [3.8, 4) is 5.75 Å². The van der Waals surface area contributed by atoms with Crippen molar-refractivity contribution >= 4 is 35.9 Å². The average molecular weight is 380 g/mol. The molecule has 0 bridgehead atoms. The number of hydrogen-bond acceptors (Lipinski definition) is 6. The number of ether oxygens (including phenoxy) is 1. The summed E-state index contributed by atoms with van der Waals surface area (Å²) in [6.45, 7) is 0.949. The van der Waals surface area contributed by atoms with Gasteiger partial charge in [-0.25, -0.2) is 4.99 Å². The van der Waals surface area contributed by atoms with Crippen LogP contribution in [-0.2, 0) is 0 Å². The first kappa shape index (κ1) is 18.9. The van der Waals surface area contributed by atoms with Gasteiger partial charge in [0.25, 0.3) is 0 Å². The van der Waals surface area contributed by atoms with Gasteiger partial charge in [0.05, 0.1) is 6.54 Å². The molecule has 1 heterocycles. The minimum absolute atomic E-state index is 0. The summed E-state index contributed by atoms with van der Waals surface area (Å²) in [7, 11) is 0. The van der Waals surface area contributed by atoms with Gasteiger partial charge in [-0.05, 0) is 29.8 Å². The maximum Gasteiger partial charge on any atom is 0.220 e. The van der Waals surface area contributed by atoms with E-state index in [9.17, 15) is 0 Å². The predicted molar refractivity (Wildman–Crippen MR) is 103 cm³/mol. The highest BCUT2D eigenvalue weighted by atomic mass is 35.5. The van der Waals surface area contributed by atoms with E-state index < -0.39 is 0 Å². The van der Waals surface area contributed by atoms with Crippen molar-refractivity contribution in [2.75, 3.05) is 13.2 Å². The van der Waals surface area contributed by atoms with Crippen LogP contribution in [0.5, 0.6) is 5.75 Å². The Hall–Kier alpha value is -2.44. The van der Waals surface area contributed by atoms with Gasteiger partial charge in [-0.2, -0.15) is 4.99 Å². The SMILES string of the molecule is Cl.NC1=NC(c2ccccc2)N(CCOc2ccc(Cl)cc2)C(N)=N1. The van der Waals surface area contributed by atoms with Crippen molar-refractivity contribution in [2.24, 2.45) is 21.5 Å². The van der Waals surface area contributed by atoms with Gasteiger partial charge >= 0.3 is 0 Å².